The van der Waals surface area contributed by atoms with Crippen LogP contribution in [-0.2, 0) is 9.59 Å². The third-order valence-electron chi connectivity index (χ3n) is 2.48. The fourth-order valence-electron chi connectivity index (χ4n) is 1.39. The Labute approximate surface area is 89.3 Å². The normalized spacial score (nSPS) is 14.5. The minimum atomic E-state index is -0.844. The molecule has 2 unspecified atom stereocenters. The largest absolute Gasteiger partial charge is 0.481 e. The monoisotopic (exact) mass is 217 g/mol. The van der Waals surface area contributed by atoms with Gasteiger partial charge in [0.1, 0.15) is 0 Å². The summed E-state index contributed by atoms with van der Waals surface area (Å²) in [7, 11) is 0. The quantitative estimate of drug-likeness (QED) is 0.561. The van der Waals surface area contributed by atoms with Gasteiger partial charge in [-0.3, -0.25) is 9.59 Å². The van der Waals surface area contributed by atoms with E-state index in [0.717, 1.165) is 0 Å². The first-order valence-corrected chi connectivity index (χ1v) is 5.14. The molecule has 0 rings (SSSR count). The molecular weight excluding hydrogens is 198 g/mol. The number of aliphatic carboxylic acids is 2. The zero-order valence-electron chi connectivity index (χ0n) is 8.98. The van der Waals surface area contributed by atoms with E-state index >= 15 is 0 Å². The third-order valence-corrected chi connectivity index (χ3v) is 2.48. The molecule has 5 heteroatoms. The van der Waals surface area contributed by atoms with Gasteiger partial charge in [0.15, 0.2) is 0 Å². The van der Waals surface area contributed by atoms with Crippen molar-refractivity contribution in [1.29, 1.82) is 0 Å². The second-order valence-electron chi connectivity index (χ2n) is 3.78. The molecule has 0 aromatic rings. The number of rotatable bonds is 8. The van der Waals surface area contributed by atoms with Crippen LogP contribution in [0.2, 0.25) is 0 Å². The van der Waals surface area contributed by atoms with Crippen LogP contribution in [0.1, 0.15) is 32.6 Å². The molecule has 4 N–H and O–H groups in total. The maximum absolute atomic E-state index is 10.7. The van der Waals surface area contributed by atoms with Crippen LogP contribution < -0.4 is 5.73 Å². The number of nitrogens with two attached hydrogens (primary N) is 1. The Bertz CT molecular complexity index is 217. The molecule has 0 radical (unpaired) electrons. The molecule has 0 aromatic heterocycles. The van der Waals surface area contributed by atoms with Gasteiger partial charge in [0.2, 0.25) is 0 Å². The molecule has 15 heavy (non-hydrogen) atoms. The topological polar surface area (TPSA) is 101 Å². The number of hydrogen-bond donors (Lipinski definition) is 3. The van der Waals surface area contributed by atoms with Gasteiger partial charge in [-0.05, 0) is 25.8 Å². The molecule has 2 atom stereocenters. The number of carboxylic acid groups (broad SMARTS) is 2. The van der Waals surface area contributed by atoms with Gasteiger partial charge in [-0.2, -0.15) is 0 Å². The molecule has 0 aromatic carbocycles. The Morgan fingerprint density at radius 3 is 2.13 bits per heavy atom. The smallest absolute Gasteiger partial charge is 0.306 e. The molecule has 0 amide bonds. The lowest BCUT2D eigenvalue weighted by Crippen LogP contribution is -2.18. The number of carboxylic acids is 2. The molecule has 0 heterocycles. The zero-order chi connectivity index (χ0) is 11.8. The summed E-state index contributed by atoms with van der Waals surface area (Å²) in [6, 6.07) is 0. The van der Waals surface area contributed by atoms with E-state index in [-0.39, 0.29) is 0 Å². The maximum Gasteiger partial charge on any atom is 0.306 e. The highest BCUT2D eigenvalue weighted by molar-refractivity contribution is 5.70. The van der Waals surface area contributed by atoms with Crippen molar-refractivity contribution in [2.24, 2.45) is 17.6 Å². The highest BCUT2D eigenvalue weighted by Gasteiger charge is 2.17. The first kappa shape index (κ1) is 13.9. The SMILES string of the molecule is CC(CCCC(CCN)C(=O)O)C(=O)O. The fourth-order valence-corrected chi connectivity index (χ4v) is 1.39. The zero-order valence-corrected chi connectivity index (χ0v) is 8.98. The van der Waals surface area contributed by atoms with Crippen molar-refractivity contribution in [2.75, 3.05) is 6.54 Å². The summed E-state index contributed by atoms with van der Waals surface area (Å²) < 4.78 is 0. The molecule has 5 nitrogen and oxygen atoms in total. The molecule has 0 saturated carbocycles. The van der Waals surface area contributed by atoms with Crippen LogP contribution >= 0.6 is 0 Å². The highest BCUT2D eigenvalue weighted by Crippen LogP contribution is 2.15. The molecule has 0 spiro atoms. The minimum Gasteiger partial charge on any atom is -0.481 e. The lowest BCUT2D eigenvalue weighted by molar-refractivity contribution is -0.142. The maximum atomic E-state index is 10.7. The highest BCUT2D eigenvalue weighted by atomic mass is 16.4. The molecule has 0 fully saturated rings. The Hall–Kier alpha value is -1.10. The van der Waals surface area contributed by atoms with Crippen molar-refractivity contribution in [3.05, 3.63) is 0 Å². The average Bonchev–Trinajstić information content (AvgIpc) is 2.15. The summed E-state index contributed by atoms with van der Waals surface area (Å²) in [5.41, 5.74) is 5.29. The van der Waals surface area contributed by atoms with Crippen LogP contribution in [0.15, 0.2) is 0 Å². The predicted molar refractivity (Wildman–Crippen MR) is 55.4 cm³/mol. The van der Waals surface area contributed by atoms with Gasteiger partial charge in [-0.25, -0.2) is 0 Å². The van der Waals surface area contributed by atoms with Crippen LogP contribution in [0.5, 0.6) is 0 Å². The Morgan fingerprint density at radius 2 is 1.73 bits per heavy atom. The average molecular weight is 217 g/mol. The van der Waals surface area contributed by atoms with E-state index in [4.69, 9.17) is 15.9 Å². The predicted octanol–water partition coefficient (Wildman–Crippen LogP) is 0.927. The third kappa shape index (κ3) is 6.06. The van der Waals surface area contributed by atoms with Gasteiger partial charge in [0.25, 0.3) is 0 Å². The van der Waals surface area contributed by atoms with Crippen LogP contribution in [0.25, 0.3) is 0 Å². The molecule has 0 bridgehead atoms. The lowest BCUT2D eigenvalue weighted by Gasteiger charge is -2.11. The second kappa shape index (κ2) is 7.23. The van der Waals surface area contributed by atoms with Gasteiger partial charge in [-0.1, -0.05) is 13.3 Å². The van der Waals surface area contributed by atoms with E-state index in [0.29, 0.717) is 32.2 Å². The van der Waals surface area contributed by atoms with Crippen molar-refractivity contribution >= 4 is 11.9 Å². The van der Waals surface area contributed by atoms with Crippen molar-refractivity contribution in [3.8, 4) is 0 Å². The minimum absolute atomic E-state index is 0.353. The molecule has 0 aliphatic rings. The lowest BCUT2D eigenvalue weighted by atomic mass is 9.95. The van der Waals surface area contributed by atoms with E-state index in [1.165, 1.54) is 0 Å². The summed E-state index contributed by atoms with van der Waals surface area (Å²) in [5, 5.41) is 17.4. The molecule has 0 aliphatic carbocycles. The summed E-state index contributed by atoms with van der Waals surface area (Å²) in [5.74, 6) is -2.52. The van der Waals surface area contributed by atoms with E-state index < -0.39 is 23.8 Å². The Morgan fingerprint density at radius 1 is 1.13 bits per heavy atom. The second-order valence-corrected chi connectivity index (χ2v) is 3.78. The van der Waals surface area contributed by atoms with E-state index in [9.17, 15) is 9.59 Å². The summed E-state index contributed by atoms with van der Waals surface area (Å²) in [4.78, 5) is 21.2. The fraction of sp³-hybridized carbons (Fsp3) is 0.800. The van der Waals surface area contributed by atoms with Crippen LogP contribution in [0.3, 0.4) is 0 Å². The van der Waals surface area contributed by atoms with Crippen LogP contribution in [0, 0.1) is 11.8 Å². The first-order valence-electron chi connectivity index (χ1n) is 5.14. The summed E-state index contributed by atoms with van der Waals surface area (Å²) in [6.07, 6.45) is 2.09. The van der Waals surface area contributed by atoms with Crippen molar-refractivity contribution in [2.45, 2.75) is 32.6 Å². The summed E-state index contributed by atoms with van der Waals surface area (Å²) >= 11 is 0. The van der Waals surface area contributed by atoms with Gasteiger partial charge >= 0.3 is 11.9 Å². The molecular formula is C10H19NO4. The van der Waals surface area contributed by atoms with Crippen molar-refractivity contribution < 1.29 is 19.8 Å². The Kier molecular flexibility index (Phi) is 6.70. The molecule has 88 valence electrons. The first-order chi connectivity index (χ1) is 6.99. The Balaban J connectivity index is 3.80. The van der Waals surface area contributed by atoms with Gasteiger partial charge in [-0.15, -0.1) is 0 Å². The van der Waals surface area contributed by atoms with E-state index in [1.807, 2.05) is 0 Å². The van der Waals surface area contributed by atoms with Crippen LogP contribution in [-0.4, -0.2) is 28.7 Å². The molecule has 0 saturated heterocycles. The number of hydrogen-bond acceptors (Lipinski definition) is 3. The summed E-state index contributed by atoms with van der Waals surface area (Å²) in [6.45, 7) is 1.98. The number of carbonyl (C=O) groups is 2. The van der Waals surface area contributed by atoms with Gasteiger partial charge in [0, 0.05) is 0 Å². The van der Waals surface area contributed by atoms with E-state index in [2.05, 4.69) is 0 Å². The van der Waals surface area contributed by atoms with Gasteiger partial charge in [0.05, 0.1) is 11.8 Å². The standard InChI is InChI=1S/C10H19NO4/c1-7(9(12)13)3-2-4-8(5-6-11)10(14)15/h7-8H,2-6,11H2,1H3,(H,12,13)(H,14,15). The van der Waals surface area contributed by atoms with E-state index in [1.54, 1.807) is 6.92 Å². The van der Waals surface area contributed by atoms with Gasteiger partial charge < -0.3 is 15.9 Å². The molecule has 0 aliphatic heterocycles. The van der Waals surface area contributed by atoms with Crippen molar-refractivity contribution in [3.63, 3.8) is 0 Å². The van der Waals surface area contributed by atoms with Crippen LogP contribution in [0.4, 0.5) is 0 Å². The van der Waals surface area contributed by atoms with Crippen molar-refractivity contribution in [1.82, 2.24) is 0 Å².